The highest BCUT2D eigenvalue weighted by molar-refractivity contribution is 5.83. The number of nitriles is 1. The van der Waals surface area contributed by atoms with Crippen molar-refractivity contribution < 1.29 is 9.53 Å². The van der Waals surface area contributed by atoms with Crippen molar-refractivity contribution in [3.05, 3.63) is 11.6 Å². The van der Waals surface area contributed by atoms with E-state index in [0.717, 1.165) is 5.57 Å². The molecule has 66 valence electrons. The molecule has 0 spiro atoms. The second-order valence-electron chi connectivity index (χ2n) is 3.26. The molecule has 0 rings (SSSR count). The summed E-state index contributed by atoms with van der Waals surface area (Å²) in [4.78, 5) is 11.0. The van der Waals surface area contributed by atoms with Gasteiger partial charge in [-0.05, 0) is 27.7 Å². The van der Waals surface area contributed by atoms with Crippen LogP contribution in [-0.2, 0) is 9.53 Å². The molecule has 0 heterocycles. The van der Waals surface area contributed by atoms with E-state index in [9.17, 15) is 4.79 Å². The summed E-state index contributed by atoms with van der Waals surface area (Å²) in [6.07, 6.45) is 1.36. The van der Waals surface area contributed by atoms with Crippen LogP contribution in [0, 0.1) is 11.3 Å². The van der Waals surface area contributed by atoms with Crippen molar-refractivity contribution in [2.45, 2.75) is 33.3 Å². The van der Waals surface area contributed by atoms with Gasteiger partial charge < -0.3 is 4.74 Å². The van der Waals surface area contributed by atoms with Crippen LogP contribution < -0.4 is 0 Å². The standard InChI is InChI=1S/C9H13NO2/c1-7(2)5-8(11)12-9(3,4)6-10/h5H,1-4H3. The van der Waals surface area contributed by atoms with Crippen LogP contribution >= 0.6 is 0 Å². The molecular formula is C9H13NO2. The van der Waals surface area contributed by atoms with Gasteiger partial charge in [-0.1, -0.05) is 5.57 Å². The van der Waals surface area contributed by atoms with Crippen LogP contribution in [0.2, 0.25) is 0 Å². The molecule has 0 atom stereocenters. The number of esters is 1. The second-order valence-corrected chi connectivity index (χ2v) is 3.26. The van der Waals surface area contributed by atoms with Crippen LogP contribution in [0.3, 0.4) is 0 Å². The van der Waals surface area contributed by atoms with E-state index in [1.807, 2.05) is 6.07 Å². The minimum Gasteiger partial charge on any atom is -0.441 e. The Morgan fingerprint density at radius 2 is 2.00 bits per heavy atom. The van der Waals surface area contributed by atoms with Crippen LogP contribution in [0.25, 0.3) is 0 Å². The maximum atomic E-state index is 11.0. The van der Waals surface area contributed by atoms with Crippen LogP contribution in [-0.4, -0.2) is 11.6 Å². The summed E-state index contributed by atoms with van der Waals surface area (Å²) in [6.45, 7) is 6.68. The highest BCUT2D eigenvalue weighted by Gasteiger charge is 2.20. The SMILES string of the molecule is CC(C)=CC(=O)OC(C)(C)C#N. The molecule has 3 nitrogen and oxygen atoms in total. The number of nitrogens with zero attached hydrogens (tertiary/aromatic N) is 1. The molecule has 0 bridgehead atoms. The Morgan fingerprint density at radius 3 is 2.33 bits per heavy atom. The third-order valence-electron chi connectivity index (χ3n) is 1.03. The Morgan fingerprint density at radius 1 is 1.50 bits per heavy atom. The van der Waals surface area contributed by atoms with E-state index >= 15 is 0 Å². The first-order valence-electron chi connectivity index (χ1n) is 3.66. The third kappa shape index (κ3) is 4.51. The Labute approximate surface area is 72.6 Å². The van der Waals surface area contributed by atoms with Crippen molar-refractivity contribution in [1.29, 1.82) is 5.26 Å². The number of carbonyl (C=O) groups is 1. The van der Waals surface area contributed by atoms with Gasteiger partial charge in [-0.2, -0.15) is 5.26 Å². The molecule has 0 amide bonds. The van der Waals surface area contributed by atoms with Gasteiger partial charge in [0.2, 0.25) is 0 Å². The van der Waals surface area contributed by atoms with Gasteiger partial charge in [0.05, 0.1) is 0 Å². The molecule has 0 saturated carbocycles. The van der Waals surface area contributed by atoms with E-state index < -0.39 is 11.6 Å². The summed E-state index contributed by atoms with van der Waals surface area (Å²) in [5.74, 6) is -0.471. The number of rotatable bonds is 2. The quantitative estimate of drug-likeness (QED) is 0.465. The zero-order valence-corrected chi connectivity index (χ0v) is 7.84. The fourth-order valence-electron chi connectivity index (χ4n) is 0.539. The zero-order valence-electron chi connectivity index (χ0n) is 7.84. The van der Waals surface area contributed by atoms with Crippen molar-refractivity contribution in [2.75, 3.05) is 0 Å². The lowest BCUT2D eigenvalue weighted by atomic mass is 10.2. The summed E-state index contributed by atoms with van der Waals surface area (Å²) >= 11 is 0. The Hall–Kier alpha value is -1.30. The molecule has 12 heavy (non-hydrogen) atoms. The van der Waals surface area contributed by atoms with E-state index in [1.54, 1.807) is 27.7 Å². The van der Waals surface area contributed by atoms with Crippen molar-refractivity contribution in [1.82, 2.24) is 0 Å². The third-order valence-corrected chi connectivity index (χ3v) is 1.03. The van der Waals surface area contributed by atoms with Gasteiger partial charge in [-0.3, -0.25) is 0 Å². The number of carbonyl (C=O) groups excluding carboxylic acids is 1. The molecular weight excluding hydrogens is 154 g/mol. The Balaban J connectivity index is 4.23. The molecule has 0 fully saturated rings. The highest BCUT2D eigenvalue weighted by Crippen LogP contribution is 2.07. The Kier molecular flexibility index (Phi) is 3.49. The van der Waals surface area contributed by atoms with Gasteiger partial charge >= 0.3 is 5.97 Å². The Bertz CT molecular complexity index is 242. The van der Waals surface area contributed by atoms with Gasteiger partial charge in [0.25, 0.3) is 0 Å². The topological polar surface area (TPSA) is 50.1 Å². The van der Waals surface area contributed by atoms with E-state index in [4.69, 9.17) is 10.00 Å². The van der Waals surface area contributed by atoms with Crippen LogP contribution in [0.4, 0.5) is 0 Å². The van der Waals surface area contributed by atoms with Crippen LogP contribution in [0.15, 0.2) is 11.6 Å². The lowest BCUT2D eigenvalue weighted by molar-refractivity contribution is -0.145. The van der Waals surface area contributed by atoms with Crippen LogP contribution in [0.1, 0.15) is 27.7 Å². The molecule has 0 aromatic carbocycles. The lowest BCUT2D eigenvalue weighted by Crippen LogP contribution is -2.24. The number of hydrogen-bond acceptors (Lipinski definition) is 3. The predicted molar refractivity (Wildman–Crippen MR) is 45.2 cm³/mol. The first-order valence-corrected chi connectivity index (χ1v) is 3.66. The molecule has 0 aliphatic rings. The maximum absolute atomic E-state index is 11.0. The summed E-state index contributed by atoms with van der Waals surface area (Å²) in [6, 6.07) is 1.87. The molecule has 0 aliphatic heterocycles. The summed E-state index contributed by atoms with van der Waals surface area (Å²) < 4.78 is 4.82. The first kappa shape index (κ1) is 10.7. The van der Waals surface area contributed by atoms with Crippen molar-refractivity contribution >= 4 is 5.97 Å². The van der Waals surface area contributed by atoms with Gasteiger partial charge in [-0.15, -0.1) is 0 Å². The van der Waals surface area contributed by atoms with Gasteiger partial charge in [0, 0.05) is 6.08 Å². The summed E-state index contributed by atoms with van der Waals surface area (Å²) in [5, 5.41) is 8.53. The van der Waals surface area contributed by atoms with Crippen LogP contribution in [0.5, 0.6) is 0 Å². The largest absolute Gasteiger partial charge is 0.441 e. The van der Waals surface area contributed by atoms with Gasteiger partial charge in [0.15, 0.2) is 5.60 Å². The minimum atomic E-state index is -1.04. The second kappa shape index (κ2) is 3.91. The predicted octanol–water partition coefficient (Wildman–Crippen LogP) is 1.80. The summed E-state index contributed by atoms with van der Waals surface area (Å²) in [5.41, 5.74) is -0.183. The fourth-order valence-corrected chi connectivity index (χ4v) is 0.539. The number of ether oxygens (including phenoxy) is 1. The fraction of sp³-hybridized carbons (Fsp3) is 0.556. The first-order chi connectivity index (χ1) is 5.37. The van der Waals surface area contributed by atoms with Crippen molar-refractivity contribution in [2.24, 2.45) is 0 Å². The molecule has 0 N–H and O–H groups in total. The molecule has 0 unspecified atom stereocenters. The lowest BCUT2D eigenvalue weighted by Gasteiger charge is -2.14. The molecule has 0 radical (unpaired) electrons. The average Bonchev–Trinajstić information content (AvgIpc) is 1.84. The monoisotopic (exact) mass is 167 g/mol. The molecule has 0 aromatic rings. The number of hydrogen-bond donors (Lipinski definition) is 0. The summed E-state index contributed by atoms with van der Waals surface area (Å²) in [7, 11) is 0. The van der Waals surface area contributed by atoms with E-state index in [2.05, 4.69) is 0 Å². The molecule has 0 aliphatic carbocycles. The van der Waals surface area contributed by atoms with E-state index in [0.29, 0.717) is 0 Å². The maximum Gasteiger partial charge on any atom is 0.332 e. The molecule has 3 heteroatoms. The van der Waals surface area contributed by atoms with Crippen molar-refractivity contribution in [3.8, 4) is 6.07 Å². The smallest absolute Gasteiger partial charge is 0.332 e. The molecule has 0 aromatic heterocycles. The van der Waals surface area contributed by atoms with E-state index in [1.165, 1.54) is 6.08 Å². The van der Waals surface area contributed by atoms with Crippen molar-refractivity contribution in [3.63, 3.8) is 0 Å². The number of allylic oxidation sites excluding steroid dienone is 1. The zero-order chi connectivity index (χ0) is 9.78. The highest BCUT2D eigenvalue weighted by atomic mass is 16.6. The van der Waals surface area contributed by atoms with Gasteiger partial charge in [-0.25, -0.2) is 4.79 Å². The van der Waals surface area contributed by atoms with E-state index in [-0.39, 0.29) is 0 Å². The average molecular weight is 167 g/mol. The molecule has 0 saturated heterocycles. The normalized spacial score (nSPS) is 9.92. The minimum absolute atomic E-state index is 0.471. The van der Waals surface area contributed by atoms with Gasteiger partial charge in [0.1, 0.15) is 6.07 Å².